The summed E-state index contributed by atoms with van der Waals surface area (Å²) >= 11 is 0. The van der Waals surface area contributed by atoms with Crippen molar-refractivity contribution < 1.29 is 0 Å². The molecule has 0 bridgehead atoms. The van der Waals surface area contributed by atoms with E-state index >= 15 is 0 Å². The Morgan fingerprint density at radius 1 is 0.690 bits per heavy atom. The Kier molecular flexibility index (Phi) is 4.26. The zero-order valence-corrected chi connectivity index (χ0v) is 16.6. The van der Waals surface area contributed by atoms with E-state index in [0.717, 1.165) is 28.0 Å². The summed E-state index contributed by atoms with van der Waals surface area (Å²) in [6.07, 6.45) is 0. The van der Waals surface area contributed by atoms with E-state index in [1.807, 2.05) is 0 Å². The molecule has 0 radical (unpaired) electrons. The molecule has 5 rings (SSSR count). The van der Waals surface area contributed by atoms with Crippen LogP contribution in [0.1, 0.15) is 22.3 Å². The van der Waals surface area contributed by atoms with Crippen LogP contribution in [0.4, 0.5) is 11.4 Å². The van der Waals surface area contributed by atoms with Crippen LogP contribution in [0.5, 0.6) is 0 Å². The number of aryl methyl sites for hydroxylation is 2. The summed E-state index contributed by atoms with van der Waals surface area (Å²) in [4.78, 5) is 0. The molecule has 0 unspecified atom stereocenters. The molecule has 4 aromatic rings. The summed E-state index contributed by atoms with van der Waals surface area (Å²) in [6.45, 7) is 4.18. The first-order valence-electron chi connectivity index (χ1n) is 9.91. The summed E-state index contributed by atoms with van der Waals surface area (Å²) in [5.74, 6) is 6.71. The minimum absolute atomic E-state index is 0.0299. The fourth-order valence-corrected chi connectivity index (χ4v) is 3.90. The SMILES string of the molecule is Cc1ccc(C#Cc2ccc(C)cc2B2Nc3cccc4cccc(c34)N2)cc1. The molecule has 1 aliphatic rings. The molecule has 1 heterocycles. The van der Waals surface area contributed by atoms with E-state index < -0.39 is 0 Å². The van der Waals surface area contributed by atoms with Crippen molar-refractivity contribution >= 4 is 34.6 Å². The average molecular weight is 372 g/mol. The van der Waals surface area contributed by atoms with E-state index in [4.69, 9.17) is 0 Å². The summed E-state index contributed by atoms with van der Waals surface area (Å²) < 4.78 is 0. The Bertz CT molecular complexity index is 1240. The van der Waals surface area contributed by atoms with Crippen molar-refractivity contribution in [3.05, 3.63) is 101 Å². The number of hydrogen-bond donors (Lipinski definition) is 2. The van der Waals surface area contributed by atoms with Crippen molar-refractivity contribution in [3.63, 3.8) is 0 Å². The molecule has 138 valence electrons. The zero-order chi connectivity index (χ0) is 19.8. The molecular formula is C26H21BN2. The second-order valence-corrected chi connectivity index (χ2v) is 7.64. The minimum Gasteiger partial charge on any atom is -0.405 e. The van der Waals surface area contributed by atoms with Gasteiger partial charge in [0.1, 0.15) is 0 Å². The van der Waals surface area contributed by atoms with E-state index in [2.05, 4.69) is 115 Å². The lowest BCUT2D eigenvalue weighted by Gasteiger charge is -2.27. The number of benzene rings is 4. The second-order valence-electron chi connectivity index (χ2n) is 7.64. The standard InChI is InChI=1S/C26H21BN2/c1-18-9-12-20(13-10-18)14-16-21-15-11-19(2)17-23(21)27-28-24-7-3-5-22-6-4-8-25(29-27)26(22)24/h3-13,15,17,28-29H,1-2H3. The van der Waals surface area contributed by atoms with Crippen molar-refractivity contribution in [2.75, 3.05) is 10.5 Å². The van der Waals surface area contributed by atoms with Gasteiger partial charge in [-0.2, -0.15) is 0 Å². The molecule has 0 saturated carbocycles. The minimum atomic E-state index is -0.0299. The first-order valence-corrected chi connectivity index (χ1v) is 9.91. The van der Waals surface area contributed by atoms with E-state index in [9.17, 15) is 0 Å². The normalized spacial score (nSPS) is 12.0. The highest BCUT2D eigenvalue weighted by molar-refractivity contribution is 6.80. The van der Waals surface area contributed by atoms with Gasteiger partial charge >= 0.3 is 6.98 Å². The van der Waals surface area contributed by atoms with Crippen LogP contribution in [-0.2, 0) is 0 Å². The van der Waals surface area contributed by atoms with Crippen molar-refractivity contribution in [2.45, 2.75) is 13.8 Å². The molecular weight excluding hydrogens is 351 g/mol. The molecule has 0 amide bonds. The van der Waals surface area contributed by atoms with Crippen molar-refractivity contribution in [2.24, 2.45) is 0 Å². The topological polar surface area (TPSA) is 24.1 Å². The molecule has 2 nitrogen and oxygen atoms in total. The highest BCUT2D eigenvalue weighted by Crippen LogP contribution is 2.33. The quantitative estimate of drug-likeness (QED) is 0.359. The van der Waals surface area contributed by atoms with Gasteiger partial charge in [0.05, 0.1) is 0 Å². The lowest BCUT2D eigenvalue weighted by Crippen LogP contribution is -2.49. The maximum Gasteiger partial charge on any atom is 0.407 e. The highest BCUT2D eigenvalue weighted by Gasteiger charge is 2.27. The van der Waals surface area contributed by atoms with Crippen LogP contribution < -0.4 is 15.9 Å². The predicted molar refractivity (Wildman–Crippen MR) is 125 cm³/mol. The van der Waals surface area contributed by atoms with Gasteiger partial charge < -0.3 is 10.5 Å². The summed E-state index contributed by atoms with van der Waals surface area (Å²) in [7, 11) is 0. The van der Waals surface area contributed by atoms with E-state index in [-0.39, 0.29) is 6.98 Å². The Balaban J connectivity index is 1.55. The van der Waals surface area contributed by atoms with Crippen LogP contribution >= 0.6 is 0 Å². The molecule has 0 fully saturated rings. The van der Waals surface area contributed by atoms with Crippen LogP contribution in [0.15, 0.2) is 78.9 Å². The fourth-order valence-electron chi connectivity index (χ4n) is 3.90. The van der Waals surface area contributed by atoms with Crippen LogP contribution in [0.2, 0.25) is 0 Å². The monoisotopic (exact) mass is 372 g/mol. The van der Waals surface area contributed by atoms with Gasteiger partial charge in [-0.25, -0.2) is 0 Å². The van der Waals surface area contributed by atoms with E-state index in [0.29, 0.717) is 0 Å². The van der Waals surface area contributed by atoms with Crippen molar-refractivity contribution in [1.29, 1.82) is 0 Å². The summed E-state index contributed by atoms with van der Waals surface area (Å²) in [5, 5.41) is 9.82. The van der Waals surface area contributed by atoms with E-state index in [1.54, 1.807) is 0 Å². The van der Waals surface area contributed by atoms with Crippen molar-refractivity contribution in [1.82, 2.24) is 0 Å². The molecule has 0 aliphatic carbocycles. The number of rotatable bonds is 1. The van der Waals surface area contributed by atoms with Gasteiger partial charge in [0, 0.05) is 27.9 Å². The molecule has 1 aliphatic heterocycles. The molecule has 0 aromatic heterocycles. The van der Waals surface area contributed by atoms with Crippen LogP contribution in [0.3, 0.4) is 0 Å². The van der Waals surface area contributed by atoms with Crippen molar-refractivity contribution in [3.8, 4) is 11.8 Å². The first kappa shape index (κ1) is 17.5. The molecule has 2 N–H and O–H groups in total. The molecule has 4 aromatic carbocycles. The maximum absolute atomic E-state index is 3.67. The molecule has 0 saturated heterocycles. The summed E-state index contributed by atoms with van der Waals surface area (Å²) in [6, 6.07) is 27.6. The third-order valence-electron chi connectivity index (χ3n) is 5.42. The van der Waals surface area contributed by atoms with Gasteiger partial charge in [-0.15, -0.1) is 0 Å². The largest absolute Gasteiger partial charge is 0.407 e. The van der Waals surface area contributed by atoms with Gasteiger partial charge in [-0.05, 0) is 55.0 Å². The predicted octanol–water partition coefficient (Wildman–Crippen LogP) is 5.09. The summed E-state index contributed by atoms with van der Waals surface area (Å²) in [5.41, 5.74) is 8.00. The molecule has 0 atom stereocenters. The maximum atomic E-state index is 3.67. The van der Waals surface area contributed by atoms with Crippen LogP contribution in [-0.4, -0.2) is 6.98 Å². The van der Waals surface area contributed by atoms with Gasteiger partial charge in [0.2, 0.25) is 0 Å². The average Bonchev–Trinajstić information content (AvgIpc) is 2.74. The van der Waals surface area contributed by atoms with Gasteiger partial charge in [0.15, 0.2) is 0 Å². The fraction of sp³-hybridized carbons (Fsp3) is 0.0769. The van der Waals surface area contributed by atoms with E-state index in [1.165, 1.54) is 21.9 Å². The van der Waals surface area contributed by atoms with Gasteiger partial charge in [-0.1, -0.05) is 71.5 Å². The third kappa shape index (κ3) is 3.34. The van der Waals surface area contributed by atoms with Crippen LogP contribution in [0.25, 0.3) is 10.8 Å². The smallest absolute Gasteiger partial charge is 0.405 e. The molecule has 3 heteroatoms. The Morgan fingerprint density at radius 3 is 2.03 bits per heavy atom. The van der Waals surface area contributed by atoms with Crippen LogP contribution in [0, 0.1) is 25.7 Å². The highest BCUT2D eigenvalue weighted by atomic mass is 15.0. The molecule has 0 spiro atoms. The zero-order valence-electron chi connectivity index (χ0n) is 16.6. The third-order valence-corrected chi connectivity index (χ3v) is 5.42. The van der Waals surface area contributed by atoms with Gasteiger partial charge in [0.25, 0.3) is 0 Å². The number of anilines is 2. The Morgan fingerprint density at radius 2 is 1.34 bits per heavy atom. The lowest BCUT2D eigenvalue weighted by molar-refractivity contribution is 1.46. The number of nitrogens with one attached hydrogen (secondary N) is 2. The first-order chi connectivity index (χ1) is 14.2. The Labute approximate surface area is 172 Å². The number of hydrogen-bond acceptors (Lipinski definition) is 2. The molecule has 29 heavy (non-hydrogen) atoms. The Hall–Kier alpha value is -3.64. The van der Waals surface area contributed by atoms with Gasteiger partial charge in [-0.3, -0.25) is 0 Å². The lowest BCUT2D eigenvalue weighted by atomic mass is 9.64. The second kappa shape index (κ2) is 7.07.